The van der Waals surface area contributed by atoms with Crippen LogP contribution >= 0.6 is 0 Å². The molecule has 2 aromatic carbocycles. The third-order valence-corrected chi connectivity index (χ3v) is 6.55. The zero-order valence-corrected chi connectivity index (χ0v) is 23.3. The number of halogens is 2. The summed E-state index contributed by atoms with van der Waals surface area (Å²) in [6, 6.07) is 10.5. The number of carbonyl (C=O) groups excluding carboxylic acids is 2. The van der Waals surface area contributed by atoms with E-state index in [1.807, 2.05) is 24.3 Å². The molecule has 0 radical (unpaired) electrons. The summed E-state index contributed by atoms with van der Waals surface area (Å²) in [5.74, 6) is -6.96. The molecule has 0 aliphatic carbocycles. The van der Waals surface area contributed by atoms with Crippen molar-refractivity contribution in [3.05, 3.63) is 93.4 Å². The minimum atomic E-state index is -1.56. The van der Waals surface area contributed by atoms with Crippen molar-refractivity contribution in [2.45, 2.75) is 64.5 Å². The number of hydrogen-bond donors (Lipinski definition) is 2. The van der Waals surface area contributed by atoms with Gasteiger partial charge < -0.3 is 15.2 Å². The van der Waals surface area contributed by atoms with E-state index < -0.39 is 65.6 Å². The van der Waals surface area contributed by atoms with Crippen LogP contribution in [-0.4, -0.2) is 45.2 Å². The first-order valence-corrected chi connectivity index (χ1v) is 13.1. The zero-order valence-electron chi connectivity index (χ0n) is 23.3. The van der Waals surface area contributed by atoms with Crippen LogP contribution in [0.3, 0.4) is 0 Å². The maximum absolute atomic E-state index is 13.9. The van der Waals surface area contributed by atoms with Gasteiger partial charge in [0, 0.05) is 11.8 Å². The highest BCUT2D eigenvalue weighted by molar-refractivity contribution is 5.94. The van der Waals surface area contributed by atoms with Crippen molar-refractivity contribution < 1.29 is 33.0 Å². The first-order valence-electron chi connectivity index (χ1n) is 13.1. The molecule has 2 N–H and O–H groups in total. The topological polar surface area (TPSA) is 128 Å². The predicted octanol–water partition coefficient (Wildman–Crippen LogP) is 3.97. The number of aromatic nitrogens is 2. The van der Waals surface area contributed by atoms with E-state index in [0.717, 1.165) is 29.3 Å². The number of benzene rings is 2. The molecule has 0 bridgehead atoms. The first-order chi connectivity index (χ1) is 19.3. The number of carboxylic acids is 1. The molecular formula is C30H33F2N3O6. The fraction of sp³-hybridized carbons (Fsp3) is 0.367. The van der Waals surface area contributed by atoms with Crippen molar-refractivity contribution in [2.75, 3.05) is 6.61 Å². The molecule has 0 aliphatic rings. The molecule has 41 heavy (non-hydrogen) atoms. The predicted molar refractivity (Wildman–Crippen MR) is 147 cm³/mol. The van der Waals surface area contributed by atoms with Gasteiger partial charge in [-0.2, -0.15) is 5.10 Å². The van der Waals surface area contributed by atoms with E-state index in [9.17, 15) is 33.1 Å². The fourth-order valence-electron chi connectivity index (χ4n) is 4.50. The number of rotatable bonds is 12. The average molecular weight is 570 g/mol. The van der Waals surface area contributed by atoms with Crippen LogP contribution in [-0.2, 0) is 26.3 Å². The monoisotopic (exact) mass is 569 g/mol. The Hall–Kier alpha value is -4.41. The van der Waals surface area contributed by atoms with Gasteiger partial charge in [0.2, 0.25) is 5.91 Å². The van der Waals surface area contributed by atoms with E-state index in [1.165, 1.54) is 16.9 Å². The van der Waals surface area contributed by atoms with Gasteiger partial charge in [-0.25, -0.2) is 13.5 Å². The number of nitrogens with zero attached hydrogens (tertiary/aromatic N) is 2. The second-order valence-electron chi connectivity index (χ2n) is 10.6. The van der Waals surface area contributed by atoms with Crippen molar-refractivity contribution in [3.63, 3.8) is 0 Å². The Bertz CT molecular complexity index is 1460. The van der Waals surface area contributed by atoms with Crippen molar-refractivity contribution in [2.24, 2.45) is 0 Å². The van der Waals surface area contributed by atoms with E-state index in [4.69, 9.17) is 4.74 Å². The molecule has 1 aromatic heterocycles. The molecule has 0 spiro atoms. The Balaban J connectivity index is 1.82. The highest BCUT2D eigenvalue weighted by atomic mass is 19.1. The Morgan fingerprint density at radius 1 is 1.05 bits per heavy atom. The van der Waals surface area contributed by atoms with E-state index >= 15 is 0 Å². The van der Waals surface area contributed by atoms with E-state index in [1.54, 1.807) is 6.92 Å². The van der Waals surface area contributed by atoms with Crippen LogP contribution in [0.1, 0.15) is 63.1 Å². The normalized spacial score (nSPS) is 12.8. The van der Waals surface area contributed by atoms with Gasteiger partial charge in [0.15, 0.2) is 23.2 Å². The maximum Gasteiger partial charge on any atom is 0.305 e. The lowest BCUT2D eigenvalue weighted by Crippen LogP contribution is -2.46. The summed E-state index contributed by atoms with van der Waals surface area (Å²) in [6.07, 6.45) is 0.770. The lowest BCUT2D eigenvalue weighted by molar-refractivity contribution is -0.140. The number of Topliss-reactive ketones (excluding diaryl/α,β-unsaturated/α-hetero) is 1. The Labute approximate surface area is 236 Å². The molecule has 0 unspecified atom stereocenters. The first kappa shape index (κ1) is 31.1. The molecule has 2 atom stereocenters. The third-order valence-electron chi connectivity index (χ3n) is 6.55. The highest BCUT2D eigenvalue weighted by Crippen LogP contribution is 2.26. The molecule has 3 aromatic rings. The number of ketones is 1. The summed E-state index contributed by atoms with van der Waals surface area (Å²) in [5.41, 5.74) is 1.37. The molecule has 1 amide bonds. The molecular weight excluding hydrogens is 536 g/mol. The lowest BCUT2D eigenvalue weighted by atomic mass is 9.84. The summed E-state index contributed by atoms with van der Waals surface area (Å²) in [5, 5.41) is 15.9. The molecule has 9 nitrogen and oxygen atoms in total. The van der Waals surface area contributed by atoms with Crippen LogP contribution < -0.4 is 15.6 Å². The van der Waals surface area contributed by atoms with Crippen molar-refractivity contribution in [1.29, 1.82) is 0 Å². The Morgan fingerprint density at radius 2 is 1.71 bits per heavy atom. The number of carboxylic acid groups (broad SMARTS) is 1. The van der Waals surface area contributed by atoms with Crippen LogP contribution in [0, 0.1) is 11.6 Å². The number of ether oxygens (including phenoxy) is 1. The number of para-hydroxylation sites is 1. The van der Waals surface area contributed by atoms with E-state index in [0.29, 0.717) is 0 Å². The summed E-state index contributed by atoms with van der Waals surface area (Å²) < 4.78 is 34.0. The van der Waals surface area contributed by atoms with Gasteiger partial charge in [-0.1, -0.05) is 58.0 Å². The van der Waals surface area contributed by atoms with Gasteiger partial charge >= 0.3 is 5.97 Å². The maximum atomic E-state index is 13.9. The van der Waals surface area contributed by atoms with Crippen LogP contribution in [0.15, 0.2) is 59.5 Å². The number of amides is 1. The molecule has 3 rings (SSSR count). The standard InChI is InChI=1S/C30H33F2N3O6/c1-5-19(20-13-14-33-35(29(20)40)16-18-9-6-7-10-21(18)30(2,3)4)28(39)34-24(15-26(37)38)25(36)17-41-27-22(31)11-8-12-23(27)32/h6-14,19,24H,5,15-17H2,1-4H3,(H,34,39)(H,37,38)/t19-,24+/m1/s1. The number of aliphatic carboxylic acids is 1. The smallest absolute Gasteiger partial charge is 0.305 e. The summed E-state index contributed by atoms with van der Waals surface area (Å²) in [4.78, 5) is 50.9. The fourth-order valence-corrected chi connectivity index (χ4v) is 4.50. The lowest BCUT2D eigenvalue weighted by Gasteiger charge is -2.23. The Morgan fingerprint density at radius 3 is 2.32 bits per heavy atom. The quantitative estimate of drug-likeness (QED) is 0.338. The van der Waals surface area contributed by atoms with Gasteiger partial charge in [0.1, 0.15) is 12.6 Å². The summed E-state index contributed by atoms with van der Waals surface area (Å²) in [7, 11) is 0. The second kappa shape index (κ2) is 13.3. The molecule has 218 valence electrons. The molecule has 11 heteroatoms. The summed E-state index contributed by atoms with van der Waals surface area (Å²) >= 11 is 0. The summed E-state index contributed by atoms with van der Waals surface area (Å²) in [6.45, 7) is 7.12. The van der Waals surface area contributed by atoms with Crippen molar-refractivity contribution in [3.8, 4) is 5.75 Å². The zero-order chi connectivity index (χ0) is 30.3. The van der Waals surface area contributed by atoms with Crippen molar-refractivity contribution >= 4 is 17.7 Å². The minimum Gasteiger partial charge on any atom is -0.481 e. The van der Waals surface area contributed by atoms with Crippen LogP contribution in [0.25, 0.3) is 0 Å². The number of hydrogen-bond acceptors (Lipinski definition) is 6. The van der Waals surface area contributed by atoms with Gasteiger partial charge in [0.25, 0.3) is 5.56 Å². The highest BCUT2D eigenvalue weighted by Gasteiger charge is 2.30. The van der Waals surface area contributed by atoms with Crippen LogP contribution in [0.4, 0.5) is 8.78 Å². The molecule has 0 aliphatic heterocycles. The Kier molecular flexibility index (Phi) is 10.1. The van der Waals surface area contributed by atoms with E-state index in [-0.39, 0.29) is 23.9 Å². The van der Waals surface area contributed by atoms with Crippen molar-refractivity contribution in [1.82, 2.24) is 15.1 Å². The largest absolute Gasteiger partial charge is 0.481 e. The third kappa shape index (κ3) is 7.84. The number of carbonyl (C=O) groups is 3. The van der Waals surface area contributed by atoms with Gasteiger partial charge in [0.05, 0.1) is 18.9 Å². The second-order valence-corrected chi connectivity index (χ2v) is 10.6. The molecule has 0 saturated heterocycles. The molecule has 1 heterocycles. The van der Waals surface area contributed by atoms with E-state index in [2.05, 4.69) is 31.2 Å². The minimum absolute atomic E-state index is 0.124. The molecule has 0 saturated carbocycles. The SMILES string of the molecule is CC[C@@H](C(=O)N[C@@H](CC(=O)O)C(=O)COc1c(F)cccc1F)c1ccnn(Cc2ccccc2C(C)(C)C)c1=O. The van der Waals surface area contributed by atoms with Gasteiger partial charge in [-0.15, -0.1) is 0 Å². The van der Waals surface area contributed by atoms with Crippen LogP contribution in [0.2, 0.25) is 0 Å². The molecule has 0 fully saturated rings. The van der Waals surface area contributed by atoms with Crippen LogP contribution in [0.5, 0.6) is 5.75 Å². The van der Waals surface area contributed by atoms with Gasteiger partial charge in [-0.3, -0.25) is 19.2 Å². The van der Waals surface area contributed by atoms with Gasteiger partial charge in [-0.05, 0) is 41.2 Å². The number of nitrogens with one attached hydrogen (secondary N) is 1. The average Bonchev–Trinajstić information content (AvgIpc) is 2.90.